The summed E-state index contributed by atoms with van der Waals surface area (Å²) in [6.45, 7) is -0.264. The lowest BCUT2D eigenvalue weighted by Crippen LogP contribution is -2.44. The van der Waals surface area contributed by atoms with E-state index in [4.69, 9.17) is 15.9 Å². The number of carboxylic acid groups (broad SMARTS) is 1. The van der Waals surface area contributed by atoms with E-state index in [-0.39, 0.29) is 25.1 Å². The second-order valence-electron chi connectivity index (χ2n) is 4.75. The molecule has 0 spiro atoms. The molecule has 0 aliphatic carbocycles. The van der Waals surface area contributed by atoms with E-state index >= 15 is 0 Å². The Kier molecular flexibility index (Phi) is 7.28. The van der Waals surface area contributed by atoms with Gasteiger partial charge in [0.25, 0.3) is 0 Å². The Bertz CT molecular complexity index is 583. The van der Waals surface area contributed by atoms with Crippen LogP contribution in [0.4, 0.5) is 0 Å². The van der Waals surface area contributed by atoms with Gasteiger partial charge in [-0.05, 0) is 30.2 Å². The molecule has 2 amide bonds. The Hall–Kier alpha value is -2.87. The van der Waals surface area contributed by atoms with E-state index < -0.39 is 23.8 Å². The van der Waals surface area contributed by atoms with Crippen molar-refractivity contribution in [3.8, 4) is 5.75 Å². The molecule has 0 aromatic heterocycles. The van der Waals surface area contributed by atoms with E-state index in [0.29, 0.717) is 0 Å². The largest absolute Gasteiger partial charge is 0.508 e. The smallest absolute Gasteiger partial charge is 0.303 e. The fourth-order valence-corrected chi connectivity index (χ4v) is 1.58. The second kappa shape index (κ2) is 9.21. The van der Waals surface area contributed by atoms with Crippen molar-refractivity contribution in [2.24, 2.45) is 5.73 Å². The van der Waals surface area contributed by atoms with E-state index in [9.17, 15) is 14.4 Å². The Labute approximate surface area is 133 Å². The fraction of sp³-hybridized carbons (Fsp3) is 0.267. The van der Waals surface area contributed by atoms with Gasteiger partial charge in [0, 0.05) is 12.6 Å². The summed E-state index contributed by atoms with van der Waals surface area (Å²) in [7, 11) is 0. The number of aromatic hydroxyl groups is 1. The summed E-state index contributed by atoms with van der Waals surface area (Å²) in [5.41, 5.74) is 6.28. The zero-order valence-electron chi connectivity index (χ0n) is 12.4. The normalized spacial score (nSPS) is 11.9. The van der Waals surface area contributed by atoms with Crippen molar-refractivity contribution in [1.82, 2.24) is 10.6 Å². The van der Waals surface area contributed by atoms with Crippen molar-refractivity contribution >= 4 is 23.9 Å². The highest BCUT2D eigenvalue weighted by atomic mass is 16.4. The van der Waals surface area contributed by atoms with Crippen LogP contribution in [-0.4, -0.2) is 40.6 Å². The molecule has 1 aromatic rings. The first-order valence-corrected chi connectivity index (χ1v) is 6.88. The van der Waals surface area contributed by atoms with Gasteiger partial charge in [0.2, 0.25) is 11.8 Å². The van der Waals surface area contributed by atoms with Crippen LogP contribution in [-0.2, 0) is 14.4 Å². The highest BCUT2D eigenvalue weighted by molar-refractivity contribution is 5.88. The lowest BCUT2D eigenvalue weighted by molar-refractivity contribution is -0.137. The maximum atomic E-state index is 11.5. The SMILES string of the molecule is NC(CCC(=O)O)C(=O)NCC(=O)N/C=C/c1ccc(O)cc1. The Morgan fingerprint density at radius 3 is 2.48 bits per heavy atom. The van der Waals surface area contributed by atoms with Crippen LogP contribution in [0.1, 0.15) is 18.4 Å². The summed E-state index contributed by atoms with van der Waals surface area (Å²) in [5, 5.41) is 22.4. The highest BCUT2D eigenvalue weighted by Crippen LogP contribution is 2.10. The van der Waals surface area contributed by atoms with Gasteiger partial charge >= 0.3 is 5.97 Å². The average Bonchev–Trinajstić information content (AvgIpc) is 2.52. The molecule has 124 valence electrons. The molecular formula is C15H19N3O5. The zero-order valence-corrected chi connectivity index (χ0v) is 12.4. The van der Waals surface area contributed by atoms with Crippen molar-refractivity contribution in [3.63, 3.8) is 0 Å². The van der Waals surface area contributed by atoms with Crippen molar-refractivity contribution < 1.29 is 24.6 Å². The number of phenolic OH excluding ortho intramolecular Hbond substituents is 1. The second-order valence-corrected chi connectivity index (χ2v) is 4.75. The number of nitrogens with two attached hydrogens (primary N) is 1. The molecular weight excluding hydrogens is 302 g/mol. The van der Waals surface area contributed by atoms with Crippen LogP contribution < -0.4 is 16.4 Å². The van der Waals surface area contributed by atoms with Crippen LogP contribution in [0.3, 0.4) is 0 Å². The molecule has 0 bridgehead atoms. The molecule has 1 atom stereocenters. The minimum Gasteiger partial charge on any atom is -0.508 e. The molecule has 0 radical (unpaired) electrons. The summed E-state index contributed by atoms with van der Waals surface area (Å²) in [6.07, 6.45) is 2.82. The lowest BCUT2D eigenvalue weighted by atomic mass is 10.1. The van der Waals surface area contributed by atoms with Gasteiger partial charge < -0.3 is 26.6 Å². The summed E-state index contributed by atoms with van der Waals surface area (Å²) in [6, 6.07) is 5.40. The molecule has 8 heteroatoms. The van der Waals surface area contributed by atoms with Crippen molar-refractivity contribution in [3.05, 3.63) is 36.0 Å². The van der Waals surface area contributed by atoms with Gasteiger partial charge in [-0.25, -0.2) is 0 Å². The maximum Gasteiger partial charge on any atom is 0.303 e. The first-order valence-electron chi connectivity index (χ1n) is 6.88. The Morgan fingerprint density at radius 2 is 1.87 bits per heavy atom. The molecule has 23 heavy (non-hydrogen) atoms. The number of aliphatic carboxylic acids is 1. The lowest BCUT2D eigenvalue weighted by Gasteiger charge is -2.10. The van der Waals surface area contributed by atoms with Crippen molar-refractivity contribution in [2.75, 3.05) is 6.54 Å². The minimum absolute atomic E-state index is 0.00351. The van der Waals surface area contributed by atoms with E-state index in [1.165, 1.54) is 18.3 Å². The average molecular weight is 321 g/mol. The van der Waals surface area contributed by atoms with Crippen LogP contribution >= 0.6 is 0 Å². The molecule has 0 heterocycles. The number of rotatable bonds is 8. The topological polar surface area (TPSA) is 142 Å². The van der Waals surface area contributed by atoms with Gasteiger partial charge in [-0.1, -0.05) is 12.1 Å². The van der Waals surface area contributed by atoms with E-state index in [1.54, 1.807) is 18.2 Å². The molecule has 0 saturated carbocycles. The summed E-state index contributed by atoms with van der Waals surface area (Å²) in [4.78, 5) is 33.4. The number of carboxylic acids is 1. The van der Waals surface area contributed by atoms with Gasteiger partial charge in [0.1, 0.15) is 5.75 Å². The number of phenols is 1. The maximum absolute atomic E-state index is 11.5. The van der Waals surface area contributed by atoms with Gasteiger partial charge in [-0.3, -0.25) is 14.4 Å². The van der Waals surface area contributed by atoms with Crippen molar-refractivity contribution in [1.29, 1.82) is 0 Å². The molecule has 8 nitrogen and oxygen atoms in total. The molecule has 0 fully saturated rings. The quantitative estimate of drug-likeness (QED) is 0.448. The highest BCUT2D eigenvalue weighted by Gasteiger charge is 2.15. The number of benzene rings is 1. The molecule has 1 aromatic carbocycles. The number of amides is 2. The first kappa shape index (κ1) is 18.2. The predicted molar refractivity (Wildman–Crippen MR) is 83.1 cm³/mol. The van der Waals surface area contributed by atoms with Crippen LogP contribution in [0.25, 0.3) is 6.08 Å². The molecule has 1 rings (SSSR count). The van der Waals surface area contributed by atoms with Crippen LogP contribution in [0.2, 0.25) is 0 Å². The van der Waals surface area contributed by atoms with Crippen LogP contribution in [0.15, 0.2) is 30.5 Å². The monoisotopic (exact) mass is 321 g/mol. The number of hydrogen-bond donors (Lipinski definition) is 5. The van der Waals surface area contributed by atoms with Crippen LogP contribution in [0.5, 0.6) is 5.75 Å². The fourth-order valence-electron chi connectivity index (χ4n) is 1.58. The van der Waals surface area contributed by atoms with E-state index in [1.807, 2.05) is 0 Å². The van der Waals surface area contributed by atoms with Crippen molar-refractivity contribution in [2.45, 2.75) is 18.9 Å². The number of carbonyl (C=O) groups is 3. The molecule has 6 N–H and O–H groups in total. The third-order valence-corrected chi connectivity index (χ3v) is 2.84. The van der Waals surface area contributed by atoms with Gasteiger partial charge in [0.05, 0.1) is 12.6 Å². The third-order valence-electron chi connectivity index (χ3n) is 2.84. The first-order chi connectivity index (χ1) is 10.9. The molecule has 0 saturated heterocycles. The minimum atomic E-state index is -1.04. The zero-order chi connectivity index (χ0) is 17.2. The summed E-state index contributed by atoms with van der Waals surface area (Å²) >= 11 is 0. The number of hydrogen-bond acceptors (Lipinski definition) is 5. The third kappa shape index (κ3) is 7.63. The molecule has 0 aliphatic heterocycles. The molecule has 0 aliphatic rings. The summed E-state index contributed by atoms with van der Waals surface area (Å²) in [5.74, 6) is -1.92. The Balaban J connectivity index is 2.29. The number of carbonyl (C=O) groups excluding carboxylic acids is 2. The van der Waals surface area contributed by atoms with Gasteiger partial charge in [-0.2, -0.15) is 0 Å². The van der Waals surface area contributed by atoms with Gasteiger partial charge in [0.15, 0.2) is 0 Å². The molecule has 1 unspecified atom stereocenters. The predicted octanol–water partition coefficient (Wildman–Crippen LogP) is -0.213. The summed E-state index contributed by atoms with van der Waals surface area (Å²) < 4.78 is 0. The van der Waals surface area contributed by atoms with Gasteiger partial charge in [-0.15, -0.1) is 0 Å². The van der Waals surface area contributed by atoms with E-state index in [2.05, 4.69) is 10.6 Å². The standard InChI is InChI=1S/C15H19N3O5/c16-12(5-6-14(21)22)15(23)18-9-13(20)17-8-7-10-1-3-11(19)4-2-10/h1-4,7-8,12,19H,5-6,9,16H2,(H,17,20)(H,18,23)(H,21,22)/b8-7+. The number of nitrogens with one attached hydrogen (secondary N) is 2. The van der Waals surface area contributed by atoms with Crippen LogP contribution in [0, 0.1) is 0 Å². The Morgan fingerprint density at radius 1 is 1.22 bits per heavy atom. The van der Waals surface area contributed by atoms with E-state index in [0.717, 1.165) is 5.56 Å².